The monoisotopic (exact) mass is 681 g/mol. The third-order valence-electron chi connectivity index (χ3n) is 10.1. The Morgan fingerprint density at radius 2 is 0.981 bits per heavy atom. The second kappa shape index (κ2) is 11.4. The molecule has 0 atom stereocenters. The first-order valence-electron chi connectivity index (χ1n) is 17.3. The Bertz CT molecular complexity index is 3210. The van der Waals surface area contributed by atoms with Gasteiger partial charge in [0.25, 0.3) is 0 Å². The SMILES string of the molecule is c1cc(-c2nc(-c3cccc4c3oc3cc5ccccc5cc34)nc(-c3cccc4c3sc3ccccc34)n2)cc(-c2cccc3ccccc23)c1. The summed E-state index contributed by atoms with van der Waals surface area (Å²) in [5.41, 5.74) is 6.61. The summed E-state index contributed by atoms with van der Waals surface area (Å²) in [5, 5.41) is 9.28. The lowest BCUT2D eigenvalue weighted by atomic mass is 9.97. The van der Waals surface area contributed by atoms with E-state index < -0.39 is 0 Å². The molecule has 0 saturated heterocycles. The Hall–Kier alpha value is -6.69. The van der Waals surface area contributed by atoms with Crippen LogP contribution in [0.2, 0.25) is 0 Å². The number of fused-ring (bicyclic) bond motifs is 8. The number of thiophene rings is 1. The molecule has 4 nitrogen and oxygen atoms in total. The van der Waals surface area contributed by atoms with E-state index >= 15 is 0 Å². The molecule has 0 saturated carbocycles. The Morgan fingerprint density at radius 1 is 0.385 bits per heavy atom. The van der Waals surface area contributed by atoms with Crippen molar-refractivity contribution in [2.45, 2.75) is 0 Å². The standard InChI is InChI=1S/C47H27N3OS/c1-2-13-30-27-41-40(26-29(30)12-1)36-20-9-22-38(43(36)51-41)46-48-45(32-16-7-15-31(25-32)34-19-8-14-28-11-3-4-17-33(28)34)49-47(50-46)39-23-10-21-37-35-18-5-6-24-42(35)52-44(37)39/h1-27H. The van der Waals surface area contributed by atoms with E-state index in [1.807, 2.05) is 0 Å². The molecule has 0 bridgehead atoms. The zero-order valence-corrected chi connectivity index (χ0v) is 28.6. The van der Waals surface area contributed by atoms with E-state index in [0.717, 1.165) is 54.3 Å². The lowest BCUT2D eigenvalue weighted by Gasteiger charge is -2.11. The zero-order chi connectivity index (χ0) is 34.2. The van der Waals surface area contributed by atoms with Gasteiger partial charge in [-0.2, -0.15) is 0 Å². The quantitative estimate of drug-likeness (QED) is 0.185. The van der Waals surface area contributed by atoms with Gasteiger partial charge in [-0.25, -0.2) is 15.0 Å². The number of benzene rings is 8. The maximum atomic E-state index is 6.67. The second-order valence-electron chi connectivity index (χ2n) is 13.2. The van der Waals surface area contributed by atoms with E-state index in [4.69, 9.17) is 19.4 Å². The summed E-state index contributed by atoms with van der Waals surface area (Å²) in [5.74, 6) is 1.81. The van der Waals surface area contributed by atoms with Crippen LogP contribution in [0, 0.1) is 0 Å². The average Bonchev–Trinajstić information content (AvgIpc) is 3.77. The van der Waals surface area contributed by atoms with E-state index in [1.54, 1.807) is 11.3 Å². The molecular formula is C47H27N3OS. The van der Waals surface area contributed by atoms with Crippen LogP contribution in [0.5, 0.6) is 0 Å². The predicted molar refractivity (Wildman–Crippen MR) is 217 cm³/mol. The smallest absolute Gasteiger partial charge is 0.167 e. The van der Waals surface area contributed by atoms with Crippen molar-refractivity contribution in [3.63, 3.8) is 0 Å². The molecule has 242 valence electrons. The van der Waals surface area contributed by atoms with Gasteiger partial charge >= 0.3 is 0 Å². The van der Waals surface area contributed by atoms with Gasteiger partial charge in [-0.15, -0.1) is 11.3 Å². The van der Waals surface area contributed by atoms with Crippen molar-refractivity contribution in [1.29, 1.82) is 0 Å². The lowest BCUT2D eigenvalue weighted by Crippen LogP contribution is -2.00. The summed E-state index contributed by atoms with van der Waals surface area (Å²) in [4.78, 5) is 15.7. The van der Waals surface area contributed by atoms with Gasteiger partial charge in [0.1, 0.15) is 11.2 Å². The number of rotatable bonds is 4. The van der Waals surface area contributed by atoms with Gasteiger partial charge in [0.2, 0.25) is 0 Å². The first-order valence-corrected chi connectivity index (χ1v) is 18.2. The first-order chi connectivity index (χ1) is 25.7. The molecule has 0 amide bonds. The highest BCUT2D eigenvalue weighted by Crippen LogP contribution is 2.41. The fourth-order valence-electron chi connectivity index (χ4n) is 7.63. The maximum absolute atomic E-state index is 6.67. The van der Waals surface area contributed by atoms with Crippen molar-refractivity contribution in [3.8, 4) is 45.3 Å². The molecule has 3 aromatic heterocycles. The van der Waals surface area contributed by atoms with Crippen molar-refractivity contribution in [2.24, 2.45) is 0 Å². The van der Waals surface area contributed by atoms with Crippen molar-refractivity contribution in [1.82, 2.24) is 15.0 Å². The molecule has 0 radical (unpaired) electrons. The van der Waals surface area contributed by atoms with Crippen molar-refractivity contribution >= 4 is 75.0 Å². The largest absolute Gasteiger partial charge is 0.455 e. The van der Waals surface area contributed by atoms with Gasteiger partial charge in [-0.05, 0) is 69.1 Å². The Kier molecular flexibility index (Phi) is 6.39. The molecule has 0 fully saturated rings. The molecule has 3 heterocycles. The minimum absolute atomic E-state index is 0.572. The fraction of sp³-hybridized carbons (Fsp3) is 0. The predicted octanol–water partition coefficient (Wildman–Crippen LogP) is 13.1. The summed E-state index contributed by atoms with van der Waals surface area (Å²) in [6, 6.07) is 57.4. The van der Waals surface area contributed by atoms with Crippen LogP contribution < -0.4 is 0 Å². The van der Waals surface area contributed by atoms with Crippen LogP contribution in [-0.2, 0) is 0 Å². The zero-order valence-electron chi connectivity index (χ0n) is 27.7. The highest BCUT2D eigenvalue weighted by atomic mass is 32.1. The molecule has 0 spiro atoms. The van der Waals surface area contributed by atoms with Crippen LogP contribution in [0.25, 0.3) is 109 Å². The van der Waals surface area contributed by atoms with Gasteiger partial charge in [0.15, 0.2) is 17.5 Å². The first kappa shape index (κ1) is 29.1. The minimum Gasteiger partial charge on any atom is -0.455 e. The van der Waals surface area contributed by atoms with E-state index in [0.29, 0.717) is 17.5 Å². The molecule has 0 aliphatic heterocycles. The lowest BCUT2D eigenvalue weighted by molar-refractivity contribution is 0.670. The normalized spacial score (nSPS) is 11.8. The minimum atomic E-state index is 0.572. The summed E-state index contributed by atoms with van der Waals surface area (Å²) in [7, 11) is 0. The van der Waals surface area contributed by atoms with Crippen molar-refractivity contribution < 1.29 is 4.42 Å². The Morgan fingerprint density at radius 3 is 1.87 bits per heavy atom. The molecule has 8 aromatic carbocycles. The molecule has 0 aliphatic rings. The number of nitrogens with zero attached hydrogens (tertiary/aromatic N) is 3. The van der Waals surface area contributed by atoms with E-state index in [-0.39, 0.29) is 0 Å². The third-order valence-corrected chi connectivity index (χ3v) is 11.3. The summed E-state index contributed by atoms with van der Waals surface area (Å²) >= 11 is 1.77. The molecule has 0 unspecified atom stereocenters. The Labute approximate surface area is 302 Å². The second-order valence-corrected chi connectivity index (χ2v) is 14.2. The number of aromatic nitrogens is 3. The van der Waals surface area contributed by atoms with E-state index in [1.165, 1.54) is 37.2 Å². The average molecular weight is 682 g/mol. The van der Waals surface area contributed by atoms with Gasteiger partial charge in [0.05, 0.1) is 5.56 Å². The summed E-state index contributed by atoms with van der Waals surface area (Å²) in [6.45, 7) is 0. The molecule has 0 N–H and O–H groups in total. The molecule has 52 heavy (non-hydrogen) atoms. The van der Waals surface area contributed by atoms with E-state index in [9.17, 15) is 0 Å². The molecule has 11 aromatic rings. The van der Waals surface area contributed by atoms with Crippen molar-refractivity contribution in [3.05, 3.63) is 164 Å². The third kappa shape index (κ3) is 4.57. The summed E-state index contributed by atoms with van der Waals surface area (Å²) < 4.78 is 9.06. The van der Waals surface area contributed by atoms with Crippen LogP contribution in [0.3, 0.4) is 0 Å². The van der Waals surface area contributed by atoms with Crippen LogP contribution >= 0.6 is 11.3 Å². The van der Waals surface area contributed by atoms with E-state index in [2.05, 4.69) is 164 Å². The highest BCUT2D eigenvalue weighted by Gasteiger charge is 2.20. The van der Waals surface area contributed by atoms with Crippen LogP contribution in [0.15, 0.2) is 168 Å². The van der Waals surface area contributed by atoms with Crippen molar-refractivity contribution in [2.75, 3.05) is 0 Å². The van der Waals surface area contributed by atoms with Crippen LogP contribution in [0.1, 0.15) is 0 Å². The molecule has 11 rings (SSSR count). The number of hydrogen-bond acceptors (Lipinski definition) is 5. The fourth-order valence-corrected chi connectivity index (χ4v) is 8.84. The topological polar surface area (TPSA) is 51.8 Å². The number of furan rings is 1. The van der Waals surface area contributed by atoms with Gasteiger partial charge in [-0.1, -0.05) is 127 Å². The molecular weight excluding hydrogens is 655 g/mol. The molecule has 0 aliphatic carbocycles. The number of hydrogen-bond donors (Lipinski definition) is 0. The summed E-state index contributed by atoms with van der Waals surface area (Å²) in [6.07, 6.45) is 0. The van der Waals surface area contributed by atoms with Gasteiger partial charge < -0.3 is 4.42 Å². The Balaban J connectivity index is 1.16. The highest BCUT2D eigenvalue weighted by molar-refractivity contribution is 7.26. The van der Waals surface area contributed by atoms with Gasteiger partial charge in [-0.3, -0.25) is 0 Å². The maximum Gasteiger partial charge on any atom is 0.167 e. The van der Waals surface area contributed by atoms with Gasteiger partial charge in [0, 0.05) is 42.1 Å². The number of para-hydroxylation sites is 1. The molecule has 5 heteroatoms. The van der Waals surface area contributed by atoms with Crippen LogP contribution in [-0.4, -0.2) is 15.0 Å². The van der Waals surface area contributed by atoms with Crippen LogP contribution in [0.4, 0.5) is 0 Å².